The van der Waals surface area contributed by atoms with Crippen LogP contribution in [-0.2, 0) is 19.4 Å². The van der Waals surface area contributed by atoms with E-state index in [9.17, 15) is 4.79 Å². The molecule has 31 heavy (non-hydrogen) atoms. The maximum Gasteiger partial charge on any atom is 0.258 e. The second kappa shape index (κ2) is 7.65. The number of hydrogen-bond acceptors (Lipinski definition) is 8. The van der Waals surface area contributed by atoms with Crippen LogP contribution in [0.15, 0.2) is 28.8 Å². The lowest BCUT2D eigenvalue weighted by Crippen LogP contribution is -2.46. The number of piperazine rings is 1. The number of nitrogens with zero attached hydrogens (tertiary/aromatic N) is 6. The highest BCUT2D eigenvalue weighted by atomic mass is 32.1. The molecule has 0 radical (unpaired) electrons. The van der Waals surface area contributed by atoms with Crippen LogP contribution in [0.3, 0.4) is 0 Å². The molecule has 5 heterocycles. The van der Waals surface area contributed by atoms with E-state index in [2.05, 4.69) is 26.7 Å². The lowest BCUT2D eigenvalue weighted by Gasteiger charge is -2.35. The Bertz CT molecular complexity index is 1320. The lowest BCUT2D eigenvalue weighted by atomic mass is 9.89. The summed E-state index contributed by atoms with van der Waals surface area (Å²) in [5.41, 5.74) is 2.34. The summed E-state index contributed by atoms with van der Waals surface area (Å²) in [5, 5.41) is 3.19. The number of hydrogen-bond donors (Lipinski definition) is 0. The van der Waals surface area contributed by atoms with Crippen LogP contribution in [-0.4, -0.2) is 50.4 Å². The number of rotatable bonds is 3. The van der Waals surface area contributed by atoms with Crippen LogP contribution in [0.1, 0.15) is 29.5 Å². The minimum absolute atomic E-state index is 0.000173. The average molecular weight is 453 g/mol. The highest BCUT2D eigenvalue weighted by molar-refractivity contribution is 7.19. The van der Waals surface area contributed by atoms with E-state index in [4.69, 9.17) is 4.98 Å². The number of anilines is 1. The van der Waals surface area contributed by atoms with Crippen LogP contribution in [0.2, 0.25) is 0 Å². The maximum atomic E-state index is 12.3. The number of thiophene rings is 1. The molecule has 4 aromatic rings. The molecule has 1 aliphatic heterocycles. The second-order valence-electron chi connectivity index (χ2n) is 8.63. The summed E-state index contributed by atoms with van der Waals surface area (Å²) in [5.74, 6) is 1.86. The molecule has 2 aliphatic rings. The third kappa shape index (κ3) is 3.44. The number of aryl methyl sites for hydroxylation is 1. The first-order chi connectivity index (χ1) is 15.2. The van der Waals surface area contributed by atoms with Crippen LogP contribution >= 0.6 is 22.7 Å². The van der Waals surface area contributed by atoms with Crippen LogP contribution in [0, 0.1) is 5.92 Å². The molecule has 7 nitrogen and oxygen atoms in total. The zero-order valence-corrected chi connectivity index (χ0v) is 19.1. The fourth-order valence-corrected chi connectivity index (χ4v) is 6.90. The van der Waals surface area contributed by atoms with Gasteiger partial charge >= 0.3 is 0 Å². The van der Waals surface area contributed by atoms with Gasteiger partial charge in [0.1, 0.15) is 17.0 Å². The van der Waals surface area contributed by atoms with E-state index in [0.717, 1.165) is 59.8 Å². The maximum absolute atomic E-state index is 12.3. The summed E-state index contributed by atoms with van der Waals surface area (Å²) < 4.78 is 1.61. The molecular formula is C22H24N6OS2. The van der Waals surface area contributed by atoms with Crippen molar-refractivity contribution in [3.05, 3.63) is 50.5 Å². The molecule has 1 atom stereocenters. The van der Waals surface area contributed by atoms with Crippen LogP contribution in [0.25, 0.3) is 15.2 Å². The number of thiazole rings is 1. The van der Waals surface area contributed by atoms with Crippen molar-refractivity contribution in [2.45, 2.75) is 32.7 Å². The van der Waals surface area contributed by atoms with Crippen molar-refractivity contribution in [3.8, 4) is 0 Å². The smallest absolute Gasteiger partial charge is 0.258 e. The van der Waals surface area contributed by atoms with Crippen molar-refractivity contribution in [2.75, 3.05) is 31.1 Å². The Hall–Kier alpha value is -2.36. The zero-order valence-electron chi connectivity index (χ0n) is 17.5. The second-order valence-corrected chi connectivity index (χ2v) is 10.6. The Morgan fingerprint density at radius 3 is 2.94 bits per heavy atom. The molecule has 160 valence electrons. The quantitative estimate of drug-likeness (QED) is 0.476. The van der Waals surface area contributed by atoms with Gasteiger partial charge in [0.2, 0.25) is 0 Å². The van der Waals surface area contributed by atoms with Gasteiger partial charge < -0.3 is 4.90 Å². The van der Waals surface area contributed by atoms with Gasteiger partial charge in [-0.2, -0.15) is 0 Å². The molecule has 1 fully saturated rings. The van der Waals surface area contributed by atoms with Gasteiger partial charge in [-0.1, -0.05) is 6.92 Å². The van der Waals surface area contributed by atoms with E-state index in [1.165, 1.54) is 40.0 Å². The normalized spacial score (nSPS) is 19.9. The van der Waals surface area contributed by atoms with Gasteiger partial charge in [-0.05, 0) is 30.7 Å². The van der Waals surface area contributed by atoms with Crippen LogP contribution in [0.4, 0.5) is 5.82 Å². The first-order valence-electron chi connectivity index (χ1n) is 10.8. The molecule has 0 N–H and O–H groups in total. The molecule has 4 aromatic heterocycles. The van der Waals surface area contributed by atoms with E-state index in [1.807, 2.05) is 16.7 Å². The Morgan fingerprint density at radius 1 is 1.19 bits per heavy atom. The van der Waals surface area contributed by atoms with Crippen molar-refractivity contribution in [3.63, 3.8) is 0 Å². The lowest BCUT2D eigenvalue weighted by molar-refractivity contribution is 0.247. The predicted octanol–water partition coefficient (Wildman–Crippen LogP) is 3.21. The molecule has 1 saturated heterocycles. The largest absolute Gasteiger partial charge is 0.353 e. The van der Waals surface area contributed by atoms with E-state index in [-0.39, 0.29) is 5.56 Å². The minimum Gasteiger partial charge on any atom is -0.353 e. The number of fused-ring (bicyclic) bond motifs is 4. The first-order valence-corrected chi connectivity index (χ1v) is 12.5. The van der Waals surface area contributed by atoms with Gasteiger partial charge in [0.05, 0.1) is 11.1 Å². The highest BCUT2D eigenvalue weighted by Gasteiger charge is 2.26. The molecule has 0 amide bonds. The monoisotopic (exact) mass is 452 g/mol. The summed E-state index contributed by atoms with van der Waals surface area (Å²) in [4.78, 5) is 34.5. The first kappa shape index (κ1) is 19.3. The fraction of sp³-hybridized carbons (Fsp3) is 0.455. The molecule has 0 spiro atoms. The van der Waals surface area contributed by atoms with E-state index >= 15 is 0 Å². The van der Waals surface area contributed by atoms with Gasteiger partial charge in [-0.25, -0.2) is 15.0 Å². The van der Waals surface area contributed by atoms with Crippen molar-refractivity contribution in [1.82, 2.24) is 24.3 Å². The molecule has 6 rings (SSSR count). The topological polar surface area (TPSA) is 66.6 Å². The average Bonchev–Trinajstić information content (AvgIpc) is 3.38. The third-order valence-electron chi connectivity index (χ3n) is 6.49. The fourth-order valence-electron chi connectivity index (χ4n) is 4.81. The van der Waals surface area contributed by atoms with Crippen LogP contribution in [0.5, 0.6) is 0 Å². The summed E-state index contributed by atoms with van der Waals surface area (Å²) in [6.07, 6.45) is 7.07. The summed E-state index contributed by atoms with van der Waals surface area (Å²) in [6.45, 7) is 6.77. The van der Waals surface area contributed by atoms with Gasteiger partial charge in [-0.15, -0.1) is 22.7 Å². The van der Waals surface area contributed by atoms with Crippen LogP contribution < -0.4 is 10.5 Å². The molecule has 9 heteroatoms. The van der Waals surface area contributed by atoms with E-state index in [0.29, 0.717) is 6.54 Å². The Morgan fingerprint density at radius 2 is 2.06 bits per heavy atom. The summed E-state index contributed by atoms with van der Waals surface area (Å²) in [7, 11) is 0. The molecule has 0 unspecified atom stereocenters. The van der Waals surface area contributed by atoms with E-state index < -0.39 is 0 Å². The Balaban J connectivity index is 1.21. The van der Waals surface area contributed by atoms with Gasteiger partial charge in [0.25, 0.3) is 5.56 Å². The Kier molecular flexibility index (Phi) is 4.77. The third-order valence-corrected chi connectivity index (χ3v) is 8.40. The van der Waals surface area contributed by atoms with Gasteiger partial charge in [0, 0.05) is 55.2 Å². The SMILES string of the molecule is C[C@@H]1CCc2c(sc3ncnc(N4CCN(Cc5cc(=O)n6ccsc6n5)CC4)c23)C1. The molecule has 0 aromatic carbocycles. The van der Waals surface area contributed by atoms with Gasteiger partial charge in [0.15, 0.2) is 4.96 Å². The summed E-state index contributed by atoms with van der Waals surface area (Å²) in [6, 6.07) is 1.67. The molecule has 0 bridgehead atoms. The van der Waals surface area contributed by atoms with E-state index in [1.54, 1.807) is 23.0 Å². The predicted molar refractivity (Wildman–Crippen MR) is 125 cm³/mol. The summed E-state index contributed by atoms with van der Waals surface area (Å²) >= 11 is 3.36. The van der Waals surface area contributed by atoms with Gasteiger partial charge in [-0.3, -0.25) is 14.1 Å². The minimum atomic E-state index is -0.000173. The highest BCUT2D eigenvalue weighted by Crippen LogP contribution is 2.40. The zero-order chi connectivity index (χ0) is 20.9. The standard InChI is InChI=1S/C22H24N6OS2/c1-14-2-3-16-17(10-14)31-21-19(16)20(23-13-24-21)27-6-4-26(5-7-27)12-15-11-18(29)28-8-9-30-22(28)25-15/h8-9,11,13-14H,2-7,10,12H2,1H3/t14-/m1/s1. The number of aromatic nitrogens is 4. The molecule has 0 saturated carbocycles. The van der Waals surface area contributed by atoms with Crippen molar-refractivity contribution in [2.24, 2.45) is 5.92 Å². The van der Waals surface area contributed by atoms with Crippen molar-refractivity contribution >= 4 is 43.7 Å². The van der Waals surface area contributed by atoms with Crippen molar-refractivity contribution in [1.29, 1.82) is 0 Å². The molecular weight excluding hydrogens is 428 g/mol. The van der Waals surface area contributed by atoms with Crippen molar-refractivity contribution < 1.29 is 0 Å². The Labute approximate surface area is 188 Å². The molecule has 1 aliphatic carbocycles.